The molecular formula is C26H19ClFN7O2. The molecule has 3 aromatic heterocycles. The van der Waals surface area contributed by atoms with Crippen molar-refractivity contribution in [2.45, 2.75) is 6.54 Å². The van der Waals surface area contributed by atoms with E-state index < -0.39 is 17.6 Å². The van der Waals surface area contributed by atoms with Crippen LogP contribution in [0.4, 0.5) is 10.2 Å². The fourth-order valence-corrected chi connectivity index (χ4v) is 3.83. The van der Waals surface area contributed by atoms with Crippen LogP contribution >= 0.6 is 11.6 Å². The van der Waals surface area contributed by atoms with Gasteiger partial charge in [0.1, 0.15) is 17.3 Å². The minimum Gasteiger partial charge on any atom is -0.347 e. The second-order valence-electron chi connectivity index (χ2n) is 7.90. The van der Waals surface area contributed by atoms with E-state index >= 15 is 0 Å². The first-order valence-electron chi connectivity index (χ1n) is 11.1. The van der Waals surface area contributed by atoms with Gasteiger partial charge >= 0.3 is 0 Å². The van der Waals surface area contributed by atoms with Gasteiger partial charge in [0.15, 0.2) is 5.69 Å². The van der Waals surface area contributed by atoms with E-state index in [0.29, 0.717) is 11.3 Å². The van der Waals surface area contributed by atoms with Crippen LogP contribution in [0.3, 0.4) is 0 Å². The lowest BCUT2D eigenvalue weighted by Gasteiger charge is -2.11. The fourth-order valence-electron chi connectivity index (χ4n) is 3.62. The number of nitrogens with one attached hydrogen (secondary N) is 3. The maximum Gasteiger partial charge on any atom is 0.272 e. The number of anilines is 1. The van der Waals surface area contributed by atoms with Crippen molar-refractivity contribution in [3.63, 3.8) is 0 Å². The Balaban J connectivity index is 1.45. The molecule has 3 heterocycles. The summed E-state index contributed by atoms with van der Waals surface area (Å²) >= 11 is 6.32. The van der Waals surface area contributed by atoms with Gasteiger partial charge in [-0.25, -0.2) is 14.1 Å². The number of benzene rings is 2. The Hall–Kier alpha value is -4.83. The van der Waals surface area contributed by atoms with E-state index in [1.54, 1.807) is 24.4 Å². The highest BCUT2D eigenvalue weighted by Gasteiger charge is 2.20. The lowest BCUT2D eigenvalue weighted by atomic mass is 10.1. The van der Waals surface area contributed by atoms with Crippen LogP contribution in [-0.2, 0) is 6.54 Å². The average Bonchev–Trinajstić information content (AvgIpc) is 3.59. The number of rotatable bonds is 7. The summed E-state index contributed by atoms with van der Waals surface area (Å²) in [6.45, 7) is 0.227. The largest absolute Gasteiger partial charge is 0.347 e. The van der Waals surface area contributed by atoms with Crippen molar-refractivity contribution >= 4 is 29.2 Å². The summed E-state index contributed by atoms with van der Waals surface area (Å²) in [4.78, 5) is 37.0. The molecule has 0 aliphatic carbocycles. The molecule has 2 aromatic carbocycles. The van der Waals surface area contributed by atoms with E-state index in [1.807, 2.05) is 18.2 Å². The van der Waals surface area contributed by atoms with Gasteiger partial charge in [-0.1, -0.05) is 35.9 Å². The van der Waals surface area contributed by atoms with Gasteiger partial charge < -0.3 is 15.6 Å². The average molecular weight is 516 g/mol. The number of nitrogens with zero attached hydrogens (tertiary/aromatic N) is 4. The van der Waals surface area contributed by atoms with Crippen LogP contribution in [0.25, 0.3) is 16.9 Å². The molecule has 11 heteroatoms. The number of imidazole rings is 1. The molecule has 9 nitrogen and oxygen atoms in total. The minimum absolute atomic E-state index is 0.0917. The number of hydrogen-bond acceptors (Lipinski definition) is 5. The Labute approximate surface area is 215 Å². The van der Waals surface area contributed by atoms with E-state index in [1.165, 1.54) is 47.5 Å². The van der Waals surface area contributed by atoms with Gasteiger partial charge in [-0.15, -0.1) is 0 Å². The van der Waals surface area contributed by atoms with E-state index in [0.717, 1.165) is 5.69 Å². The van der Waals surface area contributed by atoms with Gasteiger partial charge in [0, 0.05) is 24.0 Å². The predicted molar refractivity (Wildman–Crippen MR) is 136 cm³/mol. The maximum atomic E-state index is 14.3. The first-order valence-corrected chi connectivity index (χ1v) is 11.5. The van der Waals surface area contributed by atoms with Crippen molar-refractivity contribution in [3.05, 3.63) is 113 Å². The van der Waals surface area contributed by atoms with Crippen LogP contribution in [0.15, 0.2) is 85.5 Å². The van der Waals surface area contributed by atoms with Gasteiger partial charge in [-0.3, -0.25) is 14.6 Å². The molecule has 184 valence electrons. The summed E-state index contributed by atoms with van der Waals surface area (Å²) in [5.41, 5.74) is 2.04. The number of para-hydroxylation sites is 1. The molecule has 5 aromatic rings. The predicted octanol–water partition coefficient (Wildman–Crippen LogP) is 4.63. The Morgan fingerprint density at radius 3 is 2.62 bits per heavy atom. The van der Waals surface area contributed by atoms with Gasteiger partial charge in [0.2, 0.25) is 0 Å². The van der Waals surface area contributed by atoms with Crippen molar-refractivity contribution in [2.24, 2.45) is 0 Å². The van der Waals surface area contributed by atoms with Crippen molar-refractivity contribution in [1.29, 1.82) is 0 Å². The quantitative estimate of drug-likeness (QED) is 0.292. The summed E-state index contributed by atoms with van der Waals surface area (Å²) < 4.78 is 15.7. The molecule has 0 radical (unpaired) electrons. The Morgan fingerprint density at radius 2 is 1.86 bits per heavy atom. The topological polar surface area (TPSA) is 118 Å². The molecule has 3 N–H and O–H groups in total. The molecule has 0 saturated heterocycles. The molecular weight excluding hydrogens is 497 g/mol. The monoisotopic (exact) mass is 515 g/mol. The summed E-state index contributed by atoms with van der Waals surface area (Å²) in [6, 6.07) is 17.8. The van der Waals surface area contributed by atoms with Crippen molar-refractivity contribution in [3.8, 4) is 16.9 Å². The highest BCUT2D eigenvalue weighted by Crippen LogP contribution is 2.27. The number of H-pyrrole nitrogens is 1. The molecule has 0 unspecified atom stereocenters. The number of halogens is 2. The second kappa shape index (κ2) is 10.4. The first-order chi connectivity index (χ1) is 18.0. The van der Waals surface area contributed by atoms with Crippen LogP contribution in [0.5, 0.6) is 0 Å². The van der Waals surface area contributed by atoms with Crippen LogP contribution < -0.4 is 10.6 Å². The standard InChI is InChI=1S/C26H19ClFN7O2/c27-20-9-8-16(24-21(28)7-4-10-30-24)11-19(20)25(36)33-23-12-22(26(37)31-14-17-13-29-15-32-17)34-35(23)18-5-2-1-3-6-18/h1-13,15H,14H2,(H,29,32)(H,31,37)(H,33,36). The highest BCUT2D eigenvalue weighted by atomic mass is 35.5. The normalized spacial score (nSPS) is 10.8. The zero-order valence-corrected chi connectivity index (χ0v) is 19.9. The fraction of sp³-hybridized carbons (Fsp3) is 0.0385. The molecule has 37 heavy (non-hydrogen) atoms. The first kappa shape index (κ1) is 23.9. The lowest BCUT2D eigenvalue weighted by molar-refractivity contribution is 0.0944. The van der Waals surface area contributed by atoms with Crippen LogP contribution in [0.1, 0.15) is 26.5 Å². The van der Waals surface area contributed by atoms with Gasteiger partial charge in [-0.2, -0.15) is 5.10 Å². The molecule has 0 bridgehead atoms. The molecule has 0 fully saturated rings. The summed E-state index contributed by atoms with van der Waals surface area (Å²) in [5, 5.41) is 10.1. The number of carbonyl (C=O) groups excluding carboxylic acids is 2. The summed E-state index contributed by atoms with van der Waals surface area (Å²) in [5.74, 6) is -1.28. The summed E-state index contributed by atoms with van der Waals surface area (Å²) in [7, 11) is 0. The second-order valence-corrected chi connectivity index (χ2v) is 8.31. The molecule has 0 saturated carbocycles. The number of pyridine rings is 1. The van der Waals surface area contributed by atoms with Gasteiger partial charge in [0.25, 0.3) is 11.8 Å². The van der Waals surface area contributed by atoms with E-state index in [2.05, 4.69) is 30.7 Å². The number of aromatic nitrogens is 5. The van der Waals surface area contributed by atoms with Crippen molar-refractivity contribution in [1.82, 2.24) is 30.0 Å². The molecule has 0 aliphatic rings. The third kappa shape index (κ3) is 5.24. The SMILES string of the molecule is O=C(NCc1cnc[nH]1)c1cc(NC(=O)c2cc(-c3ncccc3F)ccc2Cl)n(-c2ccccc2)n1. The molecule has 0 aliphatic heterocycles. The van der Waals surface area contributed by atoms with Crippen LogP contribution in [0.2, 0.25) is 5.02 Å². The van der Waals surface area contributed by atoms with Crippen molar-refractivity contribution in [2.75, 3.05) is 5.32 Å². The van der Waals surface area contributed by atoms with Crippen molar-refractivity contribution < 1.29 is 14.0 Å². The van der Waals surface area contributed by atoms with Gasteiger partial charge in [0.05, 0.1) is 34.8 Å². The van der Waals surface area contributed by atoms with Crippen LogP contribution in [0, 0.1) is 5.82 Å². The number of carbonyl (C=O) groups is 2. The molecule has 2 amide bonds. The zero-order valence-electron chi connectivity index (χ0n) is 19.2. The van der Waals surface area contributed by atoms with E-state index in [-0.39, 0.29) is 34.3 Å². The van der Waals surface area contributed by atoms with Crippen LogP contribution in [-0.4, -0.2) is 36.5 Å². The molecule has 5 rings (SSSR count). The van der Waals surface area contributed by atoms with Gasteiger partial charge in [-0.05, 0) is 36.4 Å². The Morgan fingerprint density at radius 1 is 1.03 bits per heavy atom. The summed E-state index contributed by atoms with van der Waals surface area (Å²) in [6.07, 6.45) is 4.58. The third-order valence-corrected chi connectivity index (χ3v) is 5.75. The highest BCUT2D eigenvalue weighted by molar-refractivity contribution is 6.34. The number of amides is 2. The minimum atomic E-state index is -0.565. The smallest absolute Gasteiger partial charge is 0.272 e. The van der Waals surface area contributed by atoms with E-state index in [4.69, 9.17) is 11.6 Å². The molecule has 0 spiro atoms. The Bertz CT molecular complexity index is 1570. The van der Waals surface area contributed by atoms with E-state index in [9.17, 15) is 14.0 Å². The Kier molecular flexibility index (Phi) is 6.73. The maximum absolute atomic E-state index is 14.3. The third-order valence-electron chi connectivity index (χ3n) is 5.42. The zero-order chi connectivity index (χ0) is 25.8. The number of aromatic amines is 1. The number of hydrogen-bond donors (Lipinski definition) is 3. The molecule has 0 atom stereocenters. The lowest BCUT2D eigenvalue weighted by Crippen LogP contribution is -2.23.